The van der Waals surface area contributed by atoms with E-state index in [1.807, 2.05) is 0 Å². The predicted octanol–water partition coefficient (Wildman–Crippen LogP) is 3.14. The molecule has 2 aromatic carbocycles. The van der Waals surface area contributed by atoms with Crippen molar-refractivity contribution in [3.05, 3.63) is 53.6 Å². The largest absolute Gasteiger partial charge is 0.508 e. The van der Waals surface area contributed by atoms with E-state index in [1.54, 1.807) is 55.5 Å². The topological polar surface area (TPSA) is 92.9 Å². The number of carbonyl (C=O) groups excluding carboxylic acids is 1. The van der Waals surface area contributed by atoms with Crippen LogP contribution in [-0.4, -0.2) is 36.5 Å². The van der Waals surface area contributed by atoms with Gasteiger partial charge >= 0.3 is 0 Å². The van der Waals surface area contributed by atoms with Gasteiger partial charge < -0.3 is 10.4 Å². The SMILES string of the molecule is C[C@H](Sc1nnnn1-c1ccc(O)cc1)C(=O)Nc1ccccc1Cl. The molecule has 0 unspecified atom stereocenters. The first-order valence-corrected chi connectivity index (χ1v) is 8.60. The van der Waals surface area contributed by atoms with Crippen LogP contribution in [0.1, 0.15) is 6.92 Å². The number of rotatable bonds is 5. The molecule has 0 aliphatic rings. The van der Waals surface area contributed by atoms with Gasteiger partial charge in [-0.1, -0.05) is 35.5 Å². The van der Waals surface area contributed by atoms with Gasteiger partial charge in [-0.05, 0) is 53.7 Å². The highest BCUT2D eigenvalue weighted by Crippen LogP contribution is 2.26. The number of phenols is 1. The number of tetrazole rings is 1. The normalized spacial score (nSPS) is 11.9. The van der Waals surface area contributed by atoms with Crippen LogP contribution in [0, 0.1) is 0 Å². The van der Waals surface area contributed by atoms with Crippen LogP contribution >= 0.6 is 23.4 Å². The van der Waals surface area contributed by atoms with E-state index in [-0.39, 0.29) is 11.7 Å². The Morgan fingerprint density at radius 1 is 1.24 bits per heavy atom. The quantitative estimate of drug-likeness (QED) is 0.665. The number of halogens is 1. The summed E-state index contributed by atoms with van der Waals surface area (Å²) in [5.41, 5.74) is 1.24. The van der Waals surface area contributed by atoms with Crippen LogP contribution in [0.15, 0.2) is 53.7 Å². The van der Waals surface area contributed by atoms with E-state index in [9.17, 15) is 9.90 Å². The van der Waals surface area contributed by atoms with Gasteiger partial charge in [0.15, 0.2) is 0 Å². The third-order valence-electron chi connectivity index (χ3n) is 3.32. The first-order valence-electron chi connectivity index (χ1n) is 7.34. The maximum Gasteiger partial charge on any atom is 0.237 e. The highest BCUT2D eigenvalue weighted by atomic mass is 35.5. The number of hydrogen-bond donors (Lipinski definition) is 2. The lowest BCUT2D eigenvalue weighted by Crippen LogP contribution is -2.23. The van der Waals surface area contributed by atoms with Crippen molar-refractivity contribution < 1.29 is 9.90 Å². The second-order valence-electron chi connectivity index (χ2n) is 5.12. The van der Waals surface area contributed by atoms with Gasteiger partial charge in [0.2, 0.25) is 11.1 Å². The zero-order chi connectivity index (χ0) is 17.8. The third kappa shape index (κ3) is 4.09. The number of nitrogens with zero attached hydrogens (tertiary/aromatic N) is 4. The molecule has 1 amide bonds. The Hall–Kier alpha value is -2.58. The fraction of sp³-hybridized carbons (Fsp3) is 0.125. The maximum absolute atomic E-state index is 12.4. The van der Waals surface area contributed by atoms with E-state index < -0.39 is 5.25 Å². The lowest BCUT2D eigenvalue weighted by molar-refractivity contribution is -0.115. The first-order chi connectivity index (χ1) is 12.0. The monoisotopic (exact) mass is 375 g/mol. The molecule has 25 heavy (non-hydrogen) atoms. The fourth-order valence-corrected chi connectivity index (χ4v) is 3.01. The molecule has 0 radical (unpaired) electrons. The van der Waals surface area contributed by atoms with Crippen LogP contribution in [-0.2, 0) is 4.79 Å². The Morgan fingerprint density at radius 3 is 2.68 bits per heavy atom. The Balaban J connectivity index is 1.72. The van der Waals surface area contributed by atoms with Crippen LogP contribution in [0.3, 0.4) is 0 Å². The standard InChI is InChI=1S/C16H14ClN5O2S/c1-10(15(24)18-14-5-3-2-4-13(14)17)25-16-19-20-21-22(16)11-6-8-12(23)9-7-11/h2-10,23H,1H3,(H,18,24)/t10-/m0/s1. The molecule has 7 nitrogen and oxygen atoms in total. The van der Waals surface area contributed by atoms with Gasteiger partial charge in [-0.3, -0.25) is 4.79 Å². The van der Waals surface area contributed by atoms with Crippen LogP contribution < -0.4 is 5.32 Å². The van der Waals surface area contributed by atoms with Crippen LogP contribution in [0.5, 0.6) is 5.75 Å². The number of phenolic OH excluding ortho intramolecular Hbond substituents is 1. The average Bonchev–Trinajstić information content (AvgIpc) is 3.05. The molecule has 0 spiro atoms. The minimum atomic E-state index is -0.446. The van der Waals surface area contributed by atoms with Gasteiger partial charge in [0.05, 0.1) is 21.6 Å². The summed E-state index contributed by atoms with van der Waals surface area (Å²) in [6.07, 6.45) is 0. The summed E-state index contributed by atoms with van der Waals surface area (Å²) in [7, 11) is 0. The summed E-state index contributed by atoms with van der Waals surface area (Å²) in [5.74, 6) is -0.0585. The number of amides is 1. The zero-order valence-electron chi connectivity index (χ0n) is 13.1. The number of aromatic hydroxyl groups is 1. The van der Waals surface area contributed by atoms with Gasteiger partial charge in [0, 0.05) is 0 Å². The van der Waals surface area contributed by atoms with Gasteiger partial charge in [0.1, 0.15) is 5.75 Å². The minimum Gasteiger partial charge on any atom is -0.508 e. The van der Waals surface area contributed by atoms with Crippen molar-refractivity contribution in [1.29, 1.82) is 0 Å². The van der Waals surface area contributed by atoms with Crippen molar-refractivity contribution in [2.45, 2.75) is 17.3 Å². The van der Waals surface area contributed by atoms with E-state index in [4.69, 9.17) is 11.6 Å². The van der Waals surface area contributed by atoms with E-state index in [0.717, 1.165) is 0 Å². The van der Waals surface area contributed by atoms with Gasteiger partial charge in [-0.2, -0.15) is 4.68 Å². The van der Waals surface area contributed by atoms with Crippen molar-refractivity contribution in [2.75, 3.05) is 5.32 Å². The molecular weight excluding hydrogens is 362 g/mol. The maximum atomic E-state index is 12.4. The summed E-state index contributed by atoms with van der Waals surface area (Å²) in [5, 5.41) is 24.2. The van der Waals surface area contributed by atoms with Crippen molar-refractivity contribution in [3.63, 3.8) is 0 Å². The molecule has 3 aromatic rings. The molecule has 1 heterocycles. The number of aromatic nitrogens is 4. The summed E-state index contributed by atoms with van der Waals surface area (Å²) in [6, 6.07) is 13.5. The molecule has 128 valence electrons. The minimum absolute atomic E-state index is 0.151. The number of anilines is 1. The molecule has 9 heteroatoms. The number of carbonyl (C=O) groups is 1. The lowest BCUT2D eigenvalue weighted by atomic mass is 10.3. The number of benzene rings is 2. The highest BCUT2D eigenvalue weighted by molar-refractivity contribution is 8.00. The van der Waals surface area contributed by atoms with E-state index in [1.165, 1.54) is 16.4 Å². The molecular formula is C16H14ClN5O2S. The molecule has 0 saturated carbocycles. The highest BCUT2D eigenvalue weighted by Gasteiger charge is 2.20. The van der Waals surface area contributed by atoms with Crippen LogP contribution in [0.25, 0.3) is 5.69 Å². The van der Waals surface area contributed by atoms with Crippen molar-refractivity contribution in [3.8, 4) is 11.4 Å². The van der Waals surface area contributed by atoms with E-state index in [2.05, 4.69) is 20.8 Å². The Kier molecular flexibility index (Phi) is 5.20. The van der Waals surface area contributed by atoms with Crippen molar-refractivity contribution in [1.82, 2.24) is 20.2 Å². The Bertz CT molecular complexity index is 884. The van der Waals surface area contributed by atoms with Crippen molar-refractivity contribution in [2.24, 2.45) is 0 Å². The fourth-order valence-electron chi connectivity index (χ4n) is 2.02. The van der Waals surface area contributed by atoms with Crippen molar-refractivity contribution >= 4 is 35.0 Å². The number of para-hydroxylation sites is 1. The average molecular weight is 376 g/mol. The summed E-state index contributed by atoms with van der Waals surface area (Å²) < 4.78 is 1.50. The first kappa shape index (κ1) is 17.2. The molecule has 2 N–H and O–H groups in total. The second-order valence-corrected chi connectivity index (χ2v) is 6.83. The molecule has 0 bridgehead atoms. The summed E-state index contributed by atoms with van der Waals surface area (Å²) in [4.78, 5) is 12.4. The molecule has 3 rings (SSSR count). The molecule has 0 saturated heterocycles. The second kappa shape index (κ2) is 7.54. The van der Waals surface area contributed by atoms with E-state index in [0.29, 0.717) is 21.6 Å². The summed E-state index contributed by atoms with van der Waals surface area (Å²) in [6.45, 7) is 1.76. The molecule has 0 aliphatic heterocycles. The smallest absolute Gasteiger partial charge is 0.237 e. The Morgan fingerprint density at radius 2 is 1.96 bits per heavy atom. The molecule has 1 aromatic heterocycles. The van der Waals surface area contributed by atoms with E-state index >= 15 is 0 Å². The summed E-state index contributed by atoms with van der Waals surface area (Å²) >= 11 is 7.27. The zero-order valence-corrected chi connectivity index (χ0v) is 14.7. The van der Waals surface area contributed by atoms with Gasteiger partial charge in [0.25, 0.3) is 0 Å². The number of nitrogens with one attached hydrogen (secondary N) is 1. The predicted molar refractivity (Wildman–Crippen MR) is 96.2 cm³/mol. The number of thioether (sulfide) groups is 1. The third-order valence-corrected chi connectivity index (χ3v) is 4.68. The van der Waals surface area contributed by atoms with Gasteiger partial charge in [-0.25, -0.2) is 0 Å². The van der Waals surface area contributed by atoms with Crippen LogP contribution in [0.4, 0.5) is 5.69 Å². The number of hydrogen-bond acceptors (Lipinski definition) is 6. The molecule has 0 fully saturated rings. The molecule has 1 atom stereocenters. The Labute approximate surface area is 153 Å². The molecule has 0 aliphatic carbocycles. The van der Waals surface area contributed by atoms with Crippen LogP contribution in [0.2, 0.25) is 5.02 Å². The van der Waals surface area contributed by atoms with Gasteiger partial charge in [-0.15, -0.1) is 5.10 Å². The lowest BCUT2D eigenvalue weighted by Gasteiger charge is -2.12.